The summed E-state index contributed by atoms with van der Waals surface area (Å²) in [5.74, 6) is -3.17. The molecule has 94 valence electrons. The third kappa shape index (κ3) is 2.63. The molecule has 3 nitrogen and oxygen atoms in total. The highest BCUT2D eigenvalue weighted by atomic mass is 35.5. The lowest BCUT2D eigenvalue weighted by Crippen LogP contribution is -2.49. The SMILES string of the molecule is CN(C(=O)C1CC(F)(F)C1)[C@@H]1CCNC1.Cl. The summed E-state index contributed by atoms with van der Waals surface area (Å²) in [4.78, 5) is 13.4. The van der Waals surface area contributed by atoms with Gasteiger partial charge in [0.15, 0.2) is 0 Å². The Hall–Kier alpha value is -0.420. The van der Waals surface area contributed by atoms with Crippen molar-refractivity contribution in [2.75, 3.05) is 20.1 Å². The molecule has 0 aromatic rings. The maximum absolute atomic E-state index is 12.6. The minimum atomic E-state index is -2.60. The second kappa shape index (κ2) is 4.84. The third-order valence-corrected chi connectivity index (χ3v) is 3.37. The van der Waals surface area contributed by atoms with Gasteiger partial charge in [-0.3, -0.25) is 4.79 Å². The minimum absolute atomic E-state index is 0. The van der Waals surface area contributed by atoms with Crippen molar-refractivity contribution < 1.29 is 13.6 Å². The van der Waals surface area contributed by atoms with Crippen molar-refractivity contribution in [1.82, 2.24) is 10.2 Å². The van der Waals surface area contributed by atoms with Crippen molar-refractivity contribution in [2.45, 2.75) is 31.2 Å². The van der Waals surface area contributed by atoms with E-state index in [0.29, 0.717) is 0 Å². The molecule has 1 atom stereocenters. The van der Waals surface area contributed by atoms with E-state index in [-0.39, 0.29) is 37.2 Å². The lowest BCUT2D eigenvalue weighted by Gasteiger charge is -2.37. The number of rotatable bonds is 2. The van der Waals surface area contributed by atoms with E-state index in [2.05, 4.69) is 5.32 Å². The summed E-state index contributed by atoms with van der Waals surface area (Å²) >= 11 is 0. The molecule has 6 heteroatoms. The van der Waals surface area contributed by atoms with Crippen LogP contribution in [-0.2, 0) is 4.79 Å². The van der Waals surface area contributed by atoms with Gasteiger partial charge in [0.1, 0.15) is 0 Å². The van der Waals surface area contributed by atoms with Crippen LogP contribution in [-0.4, -0.2) is 42.9 Å². The molecule has 1 aliphatic heterocycles. The topological polar surface area (TPSA) is 32.3 Å². The Morgan fingerprint density at radius 3 is 2.50 bits per heavy atom. The Balaban J connectivity index is 0.00000128. The Bertz CT molecular complexity index is 262. The van der Waals surface area contributed by atoms with Crippen molar-refractivity contribution in [1.29, 1.82) is 0 Å². The van der Waals surface area contributed by atoms with Crippen molar-refractivity contribution >= 4 is 18.3 Å². The predicted octanol–water partition coefficient (Wildman–Crippen LogP) is 1.27. The van der Waals surface area contributed by atoms with Crippen LogP contribution in [0.5, 0.6) is 0 Å². The van der Waals surface area contributed by atoms with Crippen LogP contribution in [0.25, 0.3) is 0 Å². The molecule has 2 fully saturated rings. The maximum Gasteiger partial charge on any atom is 0.249 e. The van der Waals surface area contributed by atoms with Gasteiger partial charge in [-0.2, -0.15) is 0 Å². The Morgan fingerprint density at radius 2 is 2.06 bits per heavy atom. The van der Waals surface area contributed by atoms with Crippen LogP contribution in [0.2, 0.25) is 0 Å². The van der Waals surface area contributed by atoms with Gasteiger partial charge in [0.2, 0.25) is 11.8 Å². The second-order valence-electron chi connectivity index (χ2n) is 4.56. The Labute approximate surface area is 100.0 Å². The number of amides is 1. The lowest BCUT2D eigenvalue weighted by molar-refractivity contribution is -0.160. The number of hydrogen-bond acceptors (Lipinski definition) is 2. The number of hydrogen-bond donors (Lipinski definition) is 1. The zero-order valence-electron chi connectivity index (χ0n) is 9.21. The van der Waals surface area contributed by atoms with E-state index in [0.717, 1.165) is 19.5 Å². The average Bonchev–Trinajstić information content (AvgIpc) is 2.64. The normalized spacial score (nSPS) is 28.1. The van der Waals surface area contributed by atoms with Crippen LogP contribution in [0, 0.1) is 5.92 Å². The number of alkyl halides is 2. The predicted molar refractivity (Wildman–Crippen MR) is 59.0 cm³/mol. The summed E-state index contributed by atoms with van der Waals surface area (Å²) in [6.45, 7) is 1.69. The number of halogens is 3. The number of carbonyl (C=O) groups is 1. The standard InChI is InChI=1S/C10H16F2N2O.ClH/c1-14(8-2-3-13-6-8)9(15)7-4-10(11,12)5-7;/h7-8,13H,2-6H2,1H3;1H/t8-;/m1./s1. The first-order chi connectivity index (χ1) is 6.99. The monoisotopic (exact) mass is 254 g/mol. The summed E-state index contributed by atoms with van der Waals surface area (Å²) in [5.41, 5.74) is 0. The summed E-state index contributed by atoms with van der Waals surface area (Å²) in [6, 6.07) is 0.187. The van der Waals surface area contributed by atoms with Crippen LogP contribution in [0.4, 0.5) is 8.78 Å². The zero-order valence-corrected chi connectivity index (χ0v) is 10.0. The number of nitrogens with zero attached hydrogens (tertiary/aromatic N) is 1. The van der Waals surface area contributed by atoms with E-state index < -0.39 is 11.8 Å². The van der Waals surface area contributed by atoms with Crippen molar-refractivity contribution in [3.63, 3.8) is 0 Å². The fraction of sp³-hybridized carbons (Fsp3) is 0.900. The molecule has 1 saturated heterocycles. The average molecular weight is 255 g/mol. The maximum atomic E-state index is 12.6. The summed E-state index contributed by atoms with van der Waals surface area (Å²) < 4.78 is 25.2. The molecule has 0 unspecified atom stereocenters. The summed E-state index contributed by atoms with van der Waals surface area (Å²) in [5, 5.41) is 3.16. The molecule has 0 bridgehead atoms. The molecule has 0 aromatic heterocycles. The van der Waals surface area contributed by atoms with Gasteiger partial charge in [-0.05, 0) is 13.0 Å². The first kappa shape index (κ1) is 13.6. The lowest BCUT2D eigenvalue weighted by atomic mass is 9.80. The van der Waals surface area contributed by atoms with Gasteiger partial charge in [-0.1, -0.05) is 0 Å². The highest BCUT2D eigenvalue weighted by molar-refractivity contribution is 5.85. The van der Waals surface area contributed by atoms with Crippen LogP contribution < -0.4 is 5.32 Å². The third-order valence-electron chi connectivity index (χ3n) is 3.37. The van der Waals surface area contributed by atoms with Crippen LogP contribution in [0.3, 0.4) is 0 Å². The van der Waals surface area contributed by atoms with E-state index >= 15 is 0 Å². The quantitative estimate of drug-likeness (QED) is 0.805. The van der Waals surface area contributed by atoms with Gasteiger partial charge >= 0.3 is 0 Å². The molecule has 16 heavy (non-hydrogen) atoms. The van der Waals surface area contributed by atoms with Gasteiger partial charge in [0.05, 0.1) is 0 Å². The fourth-order valence-electron chi connectivity index (χ4n) is 2.27. The number of nitrogens with one attached hydrogen (secondary N) is 1. The van der Waals surface area contributed by atoms with Gasteiger partial charge in [0, 0.05) is 38.4 Å². The molecule has 1 aliphatic carbocycles. The number of carbonyl (C=O) groups excluding carboxylic acids is 1. The molecule has 0 spiro atoms. The highest BCUT2D eigenvalue weighted by Crippen LogP contribution is 2.43. The molecule has 1 N–H and O–H groups in total. The van der Waals surface area contributed by atoms with E-state index in [4.69, 9.17) is 0 Å². The molecule has 1 amide bonds. The van der Waals surface area contributed by atoms with Crippen molar-refractivity contribution in [3.8, 4) is 0 Å². The van der Waals surface area contributed by atoms with Crippen LogP contribution in [0.15, 0.2) is 0 Å². The molecule has 2 aliphatic rings. The smallest absolute Gasteiger partial charge is 0.249 e. The van der Waals surface area contributed by atoms with Crippen molar-refractivity contribution in [3.05, 3.63) is 0 Å². The molecule has 1 heterocycles. The number of likely N-dealkylation sites (N-methyl/N-ethyl adjacent to an activating group) is 1. The second-order valence-corrected chi connectivity index (χ2v) is 4.56. The van der Waals surface area contributed by atoms with Crippen LogP contribution >= 0.6 is 12.4 Å². The van der Waals surface area contributed by atoms with E-state index in [1.54, 1.807) is 11.9 Å². The van der Waals surface area contributed by atoms with E-state index in [1.165, 1.54) is 0 Å². The first-order valence-electron chi connectivity index (χ1n) is 5.35. The van der Waals surface area contributed by atoms with Gasteiger partial charge in [-0.25, -0.2) is 8.78 Å². The summed E-state index contributed by atoms with van der Waals surface area (Å²) in [6.07, 6.45) is 0.387. The largest absolute Gasteiger partial charge is 0.341 e. The highest BCUT2D eigenvalue weighted by Gasteiger charge is 2.49. The van der Waals surface area contributed by atoms with Gasteiger partial charge < -0.3 is 10.2 Å². The molecular formula is C10H17ClF2N2O. The zero-order chi connectivity index (χ0) is 11.1. The molecule has 0 radical (unpaired) electrons. The van der Waals surface area contributed by atoms with E-state index in [1.807, 2.05) is 0 Å². The minimum Gasteiger partial charge on any atom is -0.341 e. The van der Waals surface area contributed by atoms with E-state index in [9.17, 15) is 13.6 Å². The fourth-order valence-corrected chi connectivity index (χ4v) is 2.27. The molecule has 1 saturated carbocycles. The molecular weight excluding hydrogens is 238 g/mol. The first-order valence-corrected chi connectivity index (χ1v) is 5.35. The Morgan fingerprint density at radius 1 is 1.44 bits per heavy atom. The summed E-state index contributed by atoms with van der Waals surface area (Å²) in [7, 11) is 1.72. The Kier molecular flexibility index (Phi) is 4.12. The van der Waals surface area contributed by atoms with Gasteiger partial charge in [-0.15, -0.1) is 12.4 Å². The van der Waals surface area contributed by atoms with Gasteiger partial charge in [0.25, 0.3) is 0 Å². The van der Waals surface area contributed by atoms with Crippen molar-refractivity contribution in [2.24, 2.45) is 5.92 Å². The molecule has 0 aromatic carbocycles. The van der Waals surface area contributed by atoms with Crippen LogP contribution in [0.1, 0.15) is 19.3 Å². The molecule has 2 rings (SSSR count).